The van der Waals surface area contributed by atoms with Gasteiger partial charge in [0, 0.05) is 26.1 Å². The van der Waals surface area contributed by atoms with E-state index in [2.05, 4.69) is 5.32 Å². The average molecular weight is 343 g/mol. The van der Waals surface area contributed by atoms with Gasteiger partial charge in [-0.05, 0) is 12.1 Å². The number of carbonyl (C=O) groups excluding carboxylic acids is 1. The SMILES string of the molecule is CN(CC1COc2ccccc2O1)C(=O)CC1COCCN1.Cl. The summed E-state index contributed by atoms with van der Waals surface area (Å²) in [4.78, 5) is 14.0. The zero-order valence-electron chi connectivity index (χ0n) is 13.2. The van der Waals surface area contributed by atoms with Crippen LogP contribution in [0, 0.1) is 0 Å². The Morgan fingerprint density at radius 3 is 2.83 bits per heavy atom. The number of ether oxygens (including phenoxy) is 3. The topological polar surface area (TPSA) is 60.0 Å². The highest BCUT2D eigenvalue weighted by molar-refractivity contribution is 5.85. The van der Waals surface area contributed by atoms with E-state index in [1.807, 2.05) is 24.3 Å². The fourth-order valence-electron chi connectivity index (χ4n) is 2.68. The van der Waals surface area contributed by atoms with Crippen molar-refractivity contribution >= 4 is 18.3 Å². The summed E-state index contributed by atoms with van der Waals surface area (Å²) >= 11 is 0. The van der Waals surface area contributed by atoms with Gasteiger partial charge in [0.1, 0.15) is 6.61 Å². The maximum atomic E-state index is 12.3. The van der Waals surface area contributed by atoms with E-state index in [0.717, 1.165) is 18.0 Å². The fraction of sp³-hybridized carbons (Fsp3) is 0.562. The first-order valence-electron chi connectivity index (χ1n) is 7.66. The molecule has 2 heterocycles. The van der Waals surface area contributed by atoms with Crippen molar-refractivity contribution in [1.82, 2.24) is 10.2 Å². The molecule has 1 fully saturated rings. The van der Waals surface area contributed by atoms with Crippen LogP contribution in [0.4, 0.5) is 0 Å². The molecule has 1 saturated heterocycles. The number of likely N-dealkylation sites (N-methyl/N-ethyl adjacent to an activating group) is 1. The van der Waals surface area contributed by atoms with E-state index in [-0.39, 0.29) is 30.5 Å². The summed E-state index contributed by atoms with van der Waals surface area (Å²) in [6, 6.07) is 7.70. The van der Waals surface area contributed by atoms with Gasteiger partial charge in [-0.25, -0.2) is 0 Å². The average Bonchev–Trinajstić information content (AvgIpc) is 2.55. The van der Waals surface area contributed by atoms with E-state index in [0.29, 0.717) is 32.8 Å². The van der Waals surface area contributed by atoms with Crippen LogP contribution in [-0.2, 0) is 9.53 Å². The van der Waals surface area contributed by atoms with Crippen LogP contribution in [0.15, 0.2) is 24.3 Å². The van der Waals surface area contributed by atoms with Crippen molar-refractivity contribution in [3.8, 4) is 11.5 Å². The Balaban J connectivity index is 0.00000192. The molecule has 0 aromatic heterocycles. The van der Waals surface area contributed by atoms with E-state index in [9.17, 15) is 4.79 Å². The summed E-state index contributed by atoms with van der Waals surface area (Å²) < 4.78 is 16.9. The number of para-hydroxylation sites is 2. The molecular weight excluding hydrogens is 320 g/mol. The van der Waals surface area contributed by atoms with Gasteiger partial charge in [-0.3, -0.25) is 4.79 Å². The van der Waals surface area contributed by atoms with Crippen molar-refractivity contribution in [1.29, 1.82) is 0 Å². The summed E-state index contributed by atoms with van der Waals surface area (Å²) in [5.74, 6) is 1.59. The van der Waals surface area contributed by atoms with Crippen LogP contribution in [-0.4, -0.2) is 62.9 Å². The van der Waals surface area contributed by atoms with Crippen molar-refractivity contribution < 1.29 is 19.0 Å². The molecule has 7 heteroatoms. The Labute approximate surface area is 142 Å². The van der Waals surface area contributed by atoms with Gasteiger partial charge in [-0.2, -0.15) is 0 Å². The van der Waals surface area contributed by atoms with Crippen LogP contribution in [0.1, 0.15) is 6.42 Å². The van der Waals surface area contributed by atoms with Gasteiger partial charge in [-0.15, -0.1) is 12.4 Å². The minimum absolute atomic E-state index is 0. The summed E-state index contributed by atoms with van der Waals surface area (Å²) in [5, 5.41) is 3.29. The van der Waals surface area contributed by atoms with E-state index in [1.54, 1.807) is 11.9 Å². The molecule has 1 aromatic carbocycles. The number of benzene rings is 1. The Bertz CT molecular complexity index is 523. The third-order valence-electron chi connectivity index (χ3n) is 3.89. The molecule has 2 aliphatic heterocycles. The summed E-state index contributed by atoms with van der Waals surface area (Å²) in [5.41, 5.74) is 0. The molecule has 0 aliphatic carbocycles. The standard InChI is InChI=1S/C16H22N2O4.ClH/c1-18(16(19)8-12-10-20-7-6-17-12)9-13-11-21-14-4-2-3-5-15(14)22-13;/h2-5,12-13,17H,6-11H2,1H3;1H. The lowest BCUT2D eigenvalue weighted by Gasteiger charge is -2.30. The van der Waals surface area contributed by atoms with Crippen LogP contribution in [0.2, 0.25) is 0 Å². The predicted octanol–water partition coefficient (Wildman–Crippen LogP) is 1.09. The molecule has 1 amide bonds. The van der Waals surface area contributed by atoms with Gasteiger partial charge in [-0.1, -0.05) is 12.1 Å². The lowest BCUT2D eigenvalue weighted by molar-refractivity contribution is -0.132. The second kappa shape index (κ2) is 8.38. The number of halogens is 1. The molecule has 0 radical (unpaired) electrons. The van der Waals surface area contributed by atoms with Crippen molar-refractivity contribution in [2.45, 2.75) is 18.6 Å². The molecule has 0 spiro atoms. The molecule has 0 saturated carbocycles. The fourth-order valence-corrected chi connectivity index (χ4v) is 2.68. The zero-order chi connectivity index (χ0) is 15.4. The predicted molar refractivity (Wildman–Crippen MR) is 88.5 cm³/mol. The number of rotatable bonds is 4. The maximum Gasteiger partial charge on any atom is 0.224 e. The molecule has 0 bridgehead atoms. The van der Waals surface area contributed by atoms with Gasteiger partial charge < -0.3 is 24.4 Å². The Hall–Kier alpha value is -1.50. The Kier molecular flexibility index (Phi) is 6.50. The molecule has 1 N–H and O–H groups in total. The van der Waals surface area contributed by atoms with Crippen molar-refractivity contribution in [2.75, 3.05) is 40.0 Å². The molecule has 3 rings (SSSR count). The quantitative estimate of drug-likeness (QED) is 0.887. The second-order valence-corrected chi connectivity index (χ2v) is 5.70. The van der Waals surface area contributed by atoms with Crippen LogP contribution in [0.3, 0.4) is 0 Å². The third-order valence-corrected chi connectivity index (χ3v) is 3.89. The molecule has 23 heavy (non-hydrogen) atoms. The van der Waals surface area contributed by atoms with Gasteiger partial charge in [0.05, 0.1) is 19.8 Å². The van der Waals surface area contributed by atoms with Crippen molar-refractivity contribution in [3.05, 3.63) is 24.3 Å². The normalized spacial score (nSPS) is 22.8. The van der Waals surface area contributed by atoms with Crippen molar-refractivity contribution in [2.24, 2.45) is 0 Å². The van der Waals surface area contributed by atoms with Gasteiger partial charge in [0.2, 0.25) is 5.91 Å². The molecule has 2 atom stereocenters. The largest absolute Gasteiger partial charge is 0.486 e. The summed E-state index contributed by atoms with van der Waals surface area (Å²) in [6.07, 6.45) is 0.306. The first-order valence-corrected chi connectivity index (χ1v) is 7.66. The van der Waals surface area contributed by atoms with Gasteiger partial charge in [0.25, 0.3) is 0 Å². The molecule has 6 nitrogen and oxygen atoms in total. The van der Waals surface area contributed by atoms with E-state index in [1.165, 1.54) is 0 Å². The summed E-state index contributed by atoms with van der Waals surface area (Å²) in [6.45, 7) is 3.08. The number of amides is 1. The van der Waals surface area contributed by atoms with Gasteiger partial charge >= 0.3 is 0 Å². The zero-order valence-corrected chi connectivity index (χ0v) is 14.0. The van der Waals surface area contributed by atoms with Crippen LogP contribution in [0.25, 0.3) is 0 Å². The molecule has 2 unspecified atom stereocenters. The third kappa shape index (κ3) is 4.73. The van der Waals surface area contributed by atoms with Crippen LogP contribution >= 0.6 is 12.4 Å². The smallest absolute Gasteiger partial charge is 0.224 e. The number of hydrogen-bond acceptors (Lipinski definition) is 5. The molecular formula is C16H23ClN2O4. The molecule has 1 aromatic rings. The number of fused-ring (bicyclic) bond motifs is 1. The Morgan fingerprint density at radius 1 is 1.30 bits per heavy atom. The first-order chi connectivity index (χ1) is 10.7. The minimum atomic E-state index is -0.139. The number of morpholine rings is 1. The monoisotopic (exact) mass is 342 g/mol. The molecule has 2 aliphatic rings. The Morgan fingerprint density at radius 2 is 2.09 bits per heavy atom. The van der Waals surface area contributed by atoms with Gasteiger partial charge in [0.15, 0.2) is 17.6 Å². The second-order valence-electron chi connectivity index (χ2n) is 5.70. The first kappa shape index (κ1) is 17.8. The van der Waals surface area contributed by atoms with E-state index in [4.69, 9.17) is 14.2 Å². The van der Waals surface area contributed by atoms with E-state index < -0.39 is 0 Å². The summed E-state index contributed by atoms with van der Waals surface area (Å²) in [7, 11) is 1.80. The highest BCUT2D eigenvalue weighted by Crippen LogP contribution is 2.30. The van der Waals surface area contributed by atoms with Crippen LogP contribution < -0.4 is 14.8 Å². The highest BCUT2D eigenvalue weighted by Gasteiger charge is 2.25. The number of hydrogen-bond donors (Lipinski definition) is 1. The maximum absolute atomic E-state index is 12.3. The number of nitrogens with zero attached hydrogens (tertiary/aromatic N) is 1. The van der Waals surface area contributed by atoms with Crippen molar-refractivity contribution in [3.63, 3.8) is 0 Å². The van der Waals surface area contributed by atoms with Crippen LogP contribution in [0.5, 0.6) is 11.5 Å². The number of carbonyl (C=O) groups is 1. The molecule has 128 valence electrons. The minimum Gasteiger partial charge on any atom is -0.486 e. The van der Waals surface area contributed by atoms with E-state index >= 15 is 0 Å². The number of nitrogens with one attached hydrogen (secondary N) is 1. The highest BCUT2D eigenvalue weighted by atomic mass is 35.5. The lowest BCUT2D eigenvalue weighted by atomic mass is 10.1. The lowest BCUT2D eigenvalue weighted by Crippen LogP contribution is -2.47.